The highest BCUT2D eigenvalue weighted by Crippen LogP contribution is 2.69. The Kier molecular flexibility index (Phi) is 2.38. The molecular weight excluding hydrogens is 184 g/mol. The molecule has 1 unspecified atom stereocenters. The van der Waals surface area contributed by atoms with Crippen molar-refractivity contribution in [1.82, 2.24) is 0 Å². The minimum Gasteiger partial charge on any atom is -0.396 e. The topological polar surface area (TPSA) is 20.2 Å². The number of hydrogen-bond acceptors (Lipinski definition) is 1. The Bertz CT molecular complexity index is 346. The van der Waals surface area contributed by atoms with Gasteiger partial charge in [0.2, 0.25) is 0 Å². The molecule has 2 rings (SSSR count). The largest absolute Gasteiger partial charge is 0.396 e. The van der Waals surface area contributed by atoms with Crippen LogP contribution in [-0.4, -0.2) is 11.7 Å². The lowest BCUT2D eigenvalue weighted by Crippen LogP contribution is -2.18. The molecule has 0 bridgehead atoms. The second-order valence-electron chi connectivity index (χ2n) is 5.45. The van der Waals surface area contributed by atoms with E-state index in [1.54, 1.807) is 0 Å². The van der Waals surface area contributed by atoms with Crippen molar-refractivity contribution in [3.8, 4) is 0 Å². The second kappa shape index (κ2) is 3.34. The molecular formula is C14H20O. The first-order valence-corrected chi connectivity index (χ1v) is 5.69. The van der Waals surface area contributed by atoms with Gasteiger partial charge >= 0.3 is 0 Å². The Labute approximate surface area is 92.1 Å². The Balaban J connectivity index is 2.21. The summed E-state index contributed by atoms with van der Waals surface area (Å²) in [5, 5.41) is 9.40. The van der Waals surface area contributed by atoms with E-state index in [0.717, 1.165) is 6.42 Å². The van der Waals surface area contributed by atoms with E-state index in [0.29, 0.717) is 12.5 Å². The monoisotopic (exact) mass is 204 g/mol. The van der Waals surface area contributed by atoms with Crippen LogP contribution in [-0.2, 0) is 0 Å². The maximum Gasteiger partial charge on any atom is 0.0490 e. The van der Waals surface area contributed by atoms with Gasteiger partial charge in [-0.1, -0.05) is 51.1 Å². The molecule has 1 aromatic rings. The smallest absolute Gasteiger partial charge is 0.0490 e. The Morgan fingerprint density at radius 3 is 2.33 bits per heavy atom. The molecule has 0 saturated heterocycles. The molecule has 82 valence electrons. The molecule has 3 atom stereocenters. The number of benzene rings is 1. The van der Waals surface area contributed by atoms with Crippen molar-refractivity contribution in [2.75, 3.05) is 6.61 Å². The molecule has 0 radical (unpaired) electrons. The molecule has 1 aliphatic carbocycles. The first-order valence-electron chi connectivity index (χ1n) is 5.69. The average Bonchev–Trinajstić information content (AvgIpc) is 2.84. The summed E-state index contributed by atoms with van der Waals surface area (Å²) in [4.78, 5) is 0. The van der Waals surface area contributed by atoms with Crippen molar-refractivity contribution in [2.45, 2.75) is 33.1 Å². The normalized spacial score (nSPS) is 36.3. The summed E-state index contributed by atoms with van der Waals surface area (Å²) in [6, 6.07) is 10.6. The minimum absolute atomic E-state index is 0.127. The molecule has 1 heteroatoms. The van der Waals surface area contributed by atoms with E-state index in [9.17, 15) is 5.11 Å². The van der Waals surface area contributed by atoms with Crippen LogP contribution in [0.4, 0.5) is 0 Å². The van der Waals surface area contributed by atoms with Gasteiger partial charge in [-0.15, -0.1) is 0 Å². The van der Waals surface area contributed by atoms with Crippen LogP contribution in [0.15, 0.2) is 30.3 Å². The molecule has 0 amide bonds. The van der Waals surface area contributed by atoms with E-state index in [1.165, 1.54) is 5.56 Å². The Morgan fingerprint density at radius 1 is 1.27 bits per heavy atom. The molecule has 0 spiro atoms. The van der Waals surface area contributed by atoms with Gasteiger partial charge in [-0.3, -0.25) is 0 Å². The van der Waals surface area contributed by atoms with Gasteiger partial charge in [0.25, 0.3) is 0 Å². The molecule has 1 saturated carbocycles. The van der Waals surface area contributed by atoms with Crippen LogP contribution in [0.25, 0.3) is 0 Å². The minimum atomic E-state index is 0.127. The molecule has 0 aliphatic heterocycles. The third-order valence-electron chi connectivity index (χ3n) is 4.62. The van der Waals surface area contributed by atoms with E-state index in [4.69, 9.17) is 0 Å². The lowest BCUT2D eigenvalue weighted by molar-refractivity contribution is 0.180. The summed E-state index contributed by atoms with van der Waals surface area (Å²) >= 11 is 0. The van der Waals surface area contributed by atoms with Crippen molar-refractivity contribution in [3.05, 3.63) is 35.9 Å². The van der Waals surface area contributed by atoms with Crippen molar-refractivity contribution >= 4 is 0 Å². The van der Waals surface area contributed by atoms with Crippen LogP contribution < -0.4 is 0 Å². The summed E-state index contributed by atoms with van der Waals surface area (Å²) in [5.74, 6) is 0.524. The summed E-state index contributed by atoms with van der Waals surface area (Å²) in [6.07, 6.45) is 1.13. The van der Waals surface area contributed by atoms with Gasteiger partial charge in [-0.2, -0.15) is 0 Å². The standard InChI is InChI=1S/C14H20O/c1-11(12-7-5-4-6-8-12)14(3)9-13(14,2)10-15/h4-8,11,15H,9-10H2,1-3H3/t11-,13+,14?/m0/s1. The molecule has 15 heavy (non-hydrogen) atoms. The zero-order chi connectivity index (χ0) is 11.1. The van der Waals surface area contributed by atoms with Gasteiger partial charge in [0.05, 0.1) is 0 Å². The SMILES string of the molecule is C[C@@H](c1ccccc1)C1(C)C[C@]1(C)CO. The fraction of sp³-hybridized carbons (Fsp3) is 0.571. The van der Waals surface area contributed by atoms with Crippen molar-refractivity contribution in [3.63, 3.8) is 0 Å². The Hall–Kier alpha value is -0.820. The van der Waals surface area contributed by atoms with Crippen molar-refractivity contribution in [1.29, 1.82) is 0 Å². The highest BCUT2D eigenvalue weighted by atomic mass is 16.3. The lowest BCUT2D eigenvalue weighted by atomic mass is 9.80. The van der Waals surface area contributed by atoms with E-state index in [2.05, 4.69) is 51.1 Å². The maximum absolute atomic E-state index is 9.40. The summed E-state index contributed by atoms with van der Waals surface area (Å²) in [7, 11) is 0. The summed E-state index contributed by atoms with van der Waals surface area (Å²) < 4.78 is 0. The third-order valence-corrected chi connectivity index (χ3v) is 4.62. The predicted octanol–water partition coefficient (Wildman–Crippen LogP) is 3.20. The van der Waals surface area contributed by atoms with Gasteiger partial charge < -0.3 is 5.11 Å². The molecule has 0 heterocycles. The average molecular weight is 204 g/mol. The first-order chi connectivity index (χ1) is 7.03. The van der Waals surface area contributed by atoms with Gasteiger partial charge in [0, 0.05) is 6.61 Å². The molecule has 0 aromatic heterocycles. The van der Waals surface area contributed by atoms with Crippen molar-refractivity contribution in [2.24, 2.45) is 10.8 Å². The quantitative estimate of drug-likeness (QED) is 0.801. The van der Waals surface area contributed by atoms with Gasteiger partial charge in [0.15, 0.2) is 0 Å². The highest BCUT2D eigenvalue weighted by Gasteiger charge is 2.62. The van der Waals surface area contributed by atoms with E-state index < -0.39 is 0 Å². The molecule has 1 aliphatic rings. The molecule has 1 nitrogen and oxygen atoms in total. The number of aliphatic hydroxyl groups is 1. The summed E-state index contributed by atoms with van der Waals surface area (Å²) in [5.41, 5.74) is 1.78. The second-order valence-corrected chi connectivity index (χ2v) is 5.45. The fourth-order valence-electron chi connectivity index (χ4n) is 2.79. The van der Waals surface area contributed by atoms with Crippen LogP contribution in [0.2, 0.25) is 0 Å². The Morgan fingerprint density at radius 2 is 1.87 bits per heavy atom. The van der Waals surface area contributed by atoms with E-state index >= 15 is 0 Å². The first kappa shape index (κ1) is 10.7. The van der Waals surface area contributed by atoms with Crippen LogP contribution in [0.3, 0.4) is 0 Å². The number of aliphatic hydroxyl groups excluding tert-OH is 1. The van der Waals surface area contributed by atoms with Crippen LogP contribution >= 0.6 is 0 Å². The van der Waals surface area contributed by atoms with Crippen molar-refractivity contribution < 1.29 is 5.11 Å². The molecule has 1 fully saturated rings. The molecule has 1 N–H and O–H groups in total. The fourth-order valence-corrected chi connectivity index (χ4v) is 2.79. The van der Waals surface area contributed by atoms with Crippen LogP contribution in [0.1, 0.15) is 38.7 Å². The predicted molar refractivity (Wildman–Crippen MR) is 62.8 cm³/mol. The number of hydrogen-bond donors (Lipinski definition) is 1. The molecule has 1 aromatic carbocycles. The van der Waals surface area contributed by atoms with Crippen LogP contribution in [0.5, 0.6) is 0 Å². The van der Waals surface area contributed by atoms with E-state index in [1.807, 2.05) is 0 Å². The third kappa shape index (κ3) is 1.50. The maximum atomic E-state index is 9.40. The van der Waals surface area contributed by atoms with E-state index in [-0.39, 0.29) is 10.8 Å². The van der Waals surface area contributed by atoms with Gasteiger partial charge in [-0.05, 0) is 28.7 Å². The van der Waals surface area contributed by atoms with Gasteiger partial charge in [-0.25, -0.2) is 0 Å². The zero-order valence-electron chi connectivity index (χ0n) is 9.83. The zero-order valence-corrected chi connectivity index (χ0v) is 9.83. The number of rotatable bonds is 3. The van der Waals surface area contributed by atoms with Crippen LogP contribution in [0, 0.1) is 10.8 Å². The lowest BCUT2D eigenvalue weighted by Gasteiger charge is -2.24. The highest BCUT2D eigenvalue weighted by molar-refractivity contribution is 5.27. The summed E-state index contributed by atoms with van der Waals surface area (Å²) in [6.45, 7) is 7.06. The van der Waals surface area contributed by atoms with Gasteiger partial charge in [0.1, 0.15) is 0 Å².